The van der Waals surface area contributed by atoms with Gasteiger partial charge in [0, 0.05) is 51.5 Å². The van der Waals surface area contributed by atoms with Crippen LogP contribution < -0.4 is 10.2 Å². The molecule has 2 unspecified atom stereocenters. The molecule has 0 aliphatic carbocycles. The number of hydrogen-bond donors (Lipinski definition) is 1. The fourth-order valence-electron chi connectivity index (χ4n) is 4.66. The number of piperidine rings is 1. The third-order valence-electron chi connectivity index (χ3n) is 6.53. The first-order chi connectivity index (χ1) is 15.5. The first kappa shape index (κ1) is 22.6. The summed E-state index contributed by atoms with van der Waals surface area (Å²) in [5.74, 6) is -0.142. The van der Waals surface area contributed by atoms with Crippen molar-refractivity contribution in [3.8, 4) is 0 Å². The summed E-state index contributed by atoms with van der Waals surface area (Å²) < 4.78 is 27.0. The lowest BCUT2D eigenvalue weighted by Crippen LogP contribution is -2.52. The quantitative estimate of drug-likeness (QED) is 0.743. The number of benzene rings is 1. The Bertz CT molecular complexity index is 905. The van der Waals surface area contributed by atoms with E-state index < -0.39 is 11.6 Å². The molecule has 6 nitrogen and oxygen atoms in total. The summed E-state index contributed by atoms with van der Waals surface area (Å²) in [6, 6.07) is 8.83. The van der Waals surface area contributed by atoms with Gasteiger partial charge in [-0.25, -0.2) is 13.8 Å². The van der Waals surface area contributed by atoms with E-state index in [4.69, 9.17) is 0 Å². The second kappa shape index (κ2) is 10.4. The molecule has 2 atom stereocenters. The Morgan fingerprint density at radius 2 is 1.97 bits per heavy atom. The van der Waals surface area contributed by atoms with Crippen LogP contribution in [0, 0.1) is 17.6 Å². The van der Waals surface area contributed by atoms with Gasteiger partial charge >= 0.3 is 0 Å². The summed E-state index contributed by atoms with van der Waals surface area (Å²) in [5, 5.41) is 2.61. The molecule has 0 radical (unpaired) electrons. The Kier molecular flexibility index (Phi) is 7.32. The molecule has 1 amide bonds. The van der Waals surface area contributed by atoms with E-state index in [1.165, 1.54) is 6.07 Å². The Balaban J connectivity index is 1.26. The summed E-state index contributed by atoms with van der Waals surface area (Å²) in [7, 11) is 0. The molecule has 1 aromatic heterocycles. The molecule has 0 saturated carbocycles. The lowest BCUT2D eigenvalue weighted by Gasteiger charge is -2.40. The number of carbonyl (C=O) groups excluding carboxylic acids is 1. The molecule has 2 fully saturated rings. The highest BCUT2D eigenvalue weighted by molar-refractivity contribution is 5.94. The topological polar surface area (TPSA) is 51.7 Å². The van der Waals surface area contributed by atoms with Crippen LogP contribution in [0.1, 0.15) is 19.8 Å². The van der Waals surface area contributed by atoms with Crippen LogP contribution in [-0.2, 0) is 4.79 Å². The number of carbonyl (C=O) groups is 1. The van der Waals surface area contributed by atoms with Crippen LogP contribution in [0.25, 0.3) is 0 Å². The van der Waals surface area contributed by atoms with Gasteiger partial charge in [-0.15, -0.1) is 0 Å². The van der Waals surface area contributed by atoms with E-state index in [0.29, 0.717) is 5.92 Å². The third-order valence-corrected chi connectivity index (χ3v) is 6.53. The van der Waals surface area contributed by atoms with Gasteiger partial charge in [0.2, 0.25) is 5.91 Å². The van der Waals surface area contributed by atoms with Gasteiger partial charge in [0.1, 0.15) is 17.5 Å². The standard InChI is InChI=1S/C24H31F2N5O/c1-18(24(32)28-22-8-7-20(25)15-21(22)26)31-10-4-5-19(17-31)16-29-11-13-30(14-12-29)23-6-2-3-9-27-23/h2-3,6-9,15,18-19H,4-5,10-14,16-17H2,1H3,(H,28,32). The molecule has 2 saturated heterocycles. The van der Waals surface area contributed by atoms with Crippen molar-refractivity contribution in [1.29, 1.82) is 0 Å². The lowest BCUT2D eigenvalue weighted by atomic mass is 9.95. The van der Waals surface area contributed by atoms with E-state index in [9.17, 15) is 13.6 Å². The number of aromatic nitrogens is 1. The molecule has 2 aliphatic heterocycles. The van der Waals surface area contributed by atoms with Crippen molar-refractivity contribution in [2.45, 2.75) is 25.8 Å². The second-order valence-electron chi connectivity index (χ2n) is 8.77. The smallest absolute Gasteiger partial charge is 0.241 e. The van der Waals surface area contributed by atoms with Gasteiger partial charge in [-0.2, -0.15) is 0 Å². The zero-order chi connectivity index (χ0) is 22.5. The predicted molar refractivity (Wildman–Crippen MR) is 122 cm³/mol. The Morgan fingerprint density at radius 1 is 1.16 bits per heavy atom. The lowest BCUT2D eigenvalue weighted by molar-refractivity contribution is -0.121. The number of piperazine rings is 1. The number of halogens is 2. The molecule has 1 N–H and O–H groups in total. The zero-order valence-electron chi connectivity index (χ0n) is 18.5. The van der Waals surface area contributed by atoms with Crippen molar-refractivity contribution in [1.82, 2.24) is 14.8 Å². The molecule has 2 aliphatic rings. The fourth-order valence-corrected chi connectivity index (χ4v) is 4.66. The molecular formula is C24H31F2N5O. The molecule has 8 heteroatoms. The highest BCUT2D eigenvalue weighted by Gasteiger charge is 2.29. The first-order valence-electron chi connectivity index (χ1n) is 11.4. The van der Waals surface area contributed by atoms with E-state index in [-0.39, 0.29) is 17.6 Å². The van der Waals surface area contributed by atoms with E-state index in [1.54, 1.807) is 0 Å². The predicted octanol–water partition coefficient (Wildman–Crippen LogP) is 3.22. The minimum atomic E-state index is -0.757. The normalized spacial score (nSPS) is 21.3. The van der Waals surface area contributed by atoms with Gasteiger partial charge in [0.15, 0.2) is 0 Å². The molecule has 2 aromatic rings. The largest absolute Gasteiger partial charge is 0.354 e. The van der Waals surface area contributed by atoms with Crippen LogP contribution in [0.2, 0.25) is 0 Å². The number of hydrogen-bond acceptors (Lipinski definition) is 5. The van der Waals surface area contributed by atoms with Crippen LogP contribution in [0.3, 0.4) is 0 Å². The summed E-state index contributed by atoms with van der Waals surface area (Å²) >= 11 is 0. The molecule has 4 rings (SSSR count). The third kappa shape index (κ3) is 5.61. The van der Waals surface area contributed by atoms with Crippen molar-refractivity contribution >= 4 is 17.4 Å². The fraction of sp³-hybridized carbons (Fsp3) is 0.500. The monoisotopic (exact) mass is 443 g/mol. The number of anilines is 2. The van der Waals surface area contributed by atoms with Gasteiger partial charge in [-0.05, 0) is 56.5 Å². The van der Waals surface area contributed by atoms with E-state index >= 15 is 0 Å². The second-order valence-corrected chi connectivity index (χ2v) is 8.77. The minimum absolute atomic E-state index is 0.0163. The van der Waals surface area contributed by atoms with Crippen LogP contribution >= 0.6 is 0 Å². The molecular weight excluding hydrogens is 412 g/mol. The Hall–Kier alpha value is -2.58. The van der Waals surface area contributed by atoms with Crippen LogP contribution in [0.4, 0.5) is 20.3 Å². The number of likely N-dealkylation sites (tertiary alicyclic amines) is 1. The Labute approximate surface area is 188 Å². The van der Waals surface area contributed by atoms with E-state index in [2.05, 4.69) is 31.1 Å². The van der Waals surface area contributed by atoms with Crippen LogP contribution in [-0.4, -0.2) is 72.5 Å². The summed E-state index contributed by atoms with van der Waals surface area (Å²) in [6.07, 6.45) is 4.03. The maximum absolute atomic E-state index is 13.9. The van der Waals surface area contributed by atoms with Gasteiger partial charge in [-0.1, -0.05) is 6.07 Å². The summed E-state index contributed by atoms with van der Waals surface area (Å²) in [5.41, 5.74) is 0.0163. The maximum atomic E-state index is 13.9. The van der Waals surface area contributed by atoms with Crippen molar-refractivity contribution in [3.63, 3.8) is 0 Å². The average Bonchev–Trinajstić information content (AvgIpc) is 2.81. The first-order valence-corrected chi connectivity index (χ1v) is 11.4. The zero-order valence-corrected chi connectivity index (χ0v) is 18.5. The highest BCUT2D eigenvalue weighted by Crippen LogP contribution is 2.22. The number of amides is 1. The number of pyridine rings is 1. The van der Waals surface area contributed by atoms with Crippen molar-refractivity contribution in [2.75, 3.05) is 56.0 Å². The molecule has 0 bridgehead atoms. The minimum Gasteiger partial charge on any atom is -0.354 e. The number of nitrogens with one attached hydrogen (secondary N) is 1. The van der Waals surface area contributed by atoms with E-state index in [1.807, 2.05) is 25.3 Å². The van der Waals surface area contributed by atoms with Gasteiger partial charge in [-0.3, -0.25) is 14.6 Å². The van der Waals surface area contributed by atoms with Crippen molar-refractivity contribution in [3.05, 3.63) is 54.2 Å². The highest BCUT2D eigenvalue weighted by atomic mass is 19.1. The van der Waals surface area contributed by atoms with Crippen LogP contribution in [0.5, 0.6) is 0 Å². The maximum Gasteiger partial charge on any atom is 0.241 e. The van der Waals surface area contributed by atoms with Crippen molar-refractivity contribution in [2.24, 2.45) is 5.92 Å². The summed E-state index contributed by atoms with van der Waals surface area (Å²) in [4.78, 5) is 24.1. The molecule has 3 heterocycles. The SMILES string of the molecule is CC(C(=O)Nc1ccc(F)cc1F)N1CCCC(CN2CCN(c3ccccn3)CC2)C1. The number of nitrogens with zero attached hydrogens (tertiary/aromatic N) is 4. The molecule has 1 aromatic carbocycles. The van der Waals surface area contributed by atoms with Crippen molar-refractivity contribution < 1.29 is 13.6 Å². The van der Waals surface area contributed by atoms with Gasteiger partial charge in [0.05, 0.1) is 11.7 Å². The van der Waals surface area contributed by atoms with Crippen LogP contribution in [0.15, 0.2) is 42.6 Å². The molecule has 172 valence electrons. The Morgan fingerprint density at radius 3 is 2.69 bits per heavy atom. The van der Waals surface area contributed by atoms with Gasteiger partial charge in [0.25, 0.3) is 0 Å². The number of rotatable bonds is 6. The molecule has 32 heavy (non-hydrogen) atoms. The average molecular weight is 444 g/mol. The molecule has 0 spiro atoms. The van der Waals surface area contributed by atoms with Gasteiger partial charge < -0.3 is 10.2 Å². The van der Waals surface area contributed by atoms with E-state index in [0.717, 1.165) is 76.6 Å². The summed E-state index contributed by atoms with van der Waals surface area (Å²) in [6.45, 7) is 8.52.